The maximum atomic E-state index is 14.7. The Kier molecular flexibility index (Phi) is 10.9. The molecular weight excluding hydrogens is 821 g/mol. The summed E-state index contributed by atoms with van der Waals surface area (Å²) in [7, 11) is 0.314. The number of aromatic nitrogens is 5. The molecule has 1 aromatic carbocycles. The van der Waals surface area contributed by atoms with E-state index in [-0.39, 0.29) is 53.8 Å². The molecule has 1 spiro atoms. The van der Waals surface area contributed by atoms with Crippen molar-refractivity contribution in [1.29, 1.82) is 0 Å². The van der Waals surface area contributed by atoms with Crippen LogP contribution < -0.4 is 16.3 Å². The number of hydrogen-bond donors (Lipinski definition) is 1. The Morgan fingerprint density at radius 1 is 1.02 bits per heavy atom. The lowest BCUT2D eigenvalue weighted by atomic mass is 9.77. The molecule has 3 fully saturated rings. The molecule has 2 saturated heterocycles. The summed E-state index contributed by atoms with van der Waals surface area (Å²) in [5, 5.41) is 10.1. The van der Waals surface area contributed by atoms with Crippen LogP contribution in [0.15, 0.2) is 53.7 Å². The van der Waals surface area contributed by atoms with Crippen molar-refractivity contribution in [3.63, 3.8) is 0 Å². The molecule has 3 atom stereocenters. The Hall–Kier alpha value is -5.05. The van der Waals surface area contributed by atoms with Crippen molar-refractivity contribution in [3.8, 4) is 11.3 Å². The topological polar surface area (TPSA) is 126 Å². The first-order valence-corrected chi connectivity index (χ1v) is 19.5. The Morgan fingerprint density at radius 3 is 2.28 bits per heavy atom. The summed E-state index contributed by atoms with van der Waals surface area (Å²) in [5.74, 6) is -3.16. The average molecular weight is 866 g/mol. The minimum atomic E-state index is -4.92. The summed E-state index contributed by atoms with van der Waals surface area (Å²) in [5.41, 5.74) is -6.15. The largest absolute Gasteiger partial charge is 0.494 e. The molecular formula is C40H44BF8N7O5. The lowest BCUT2D eigenvalue weighted by Gasteiger charge is -2.33. The molecule has 0 bridgehead atoms. The van der Waals surface area contributed by atoms with Gasteiger partial charge in [-0.1, -0.05) is 18.2 Å². The minimum Gasteiger partial charge on any atom is -0.399 e. The molecule has 1 saturated carbocycles. The summed E-state index contributed by atoms with van der Waals surface area (Å²) in [6.07, 6.45) is -4.46. The highest BCUT2D eigenvalue weighted by atomic mass is 19.4. The number of nitrogens with one attached hydrogen (secondary N) is 1. The summed E-state index contributed by atoms with van der Waals surface area (Å²) in [6, 6.07) is 4.59. The zero-order valence-electron chi connectivity index (χ0n) is 34.3. The van der Waals surface area contributed by atoms with Crippen LogP contribution in [0.3, 0.4) is 0 Å². The molecule has 3 aliphatic rings. The highest BCUT2D eigenvalue weighted by Gasteiger charge is 2.66. The fourth-order valence-electron chi connectivity index (χ4n) is 8.27. The van der Waals surface area contributed by atoms with E-state index in [2.05, 4.69) is 15.5 Å². The number of benzene rings is 1. The second-order valence-corrected chi connectivity index (χ2v) is 17.7. The zero-order chi connectivity index (χ0) is 44.8. The van der Waals surface area contributed by atoms with E-state index >= 15 is 0 Å². The summed E-state index contributed by atoms with van der Waals surface area (Å²) >= 11 is 0. The van der Waals surface area contributed by atoms with Crippen LogP contribution >= 0.6 is 0 Å². The summed E-state index contributed by atoms with van der Waals surface area (Å²) < 4.78 is 127. The third kappa shape index (κ3) is 8.22. The van der Waals surface area contributed by atoms with E-state index in [4.69, 9.17) is 9.31 Å². The molecule has 4 aromatic rings. The normalized spacial score (nSPS) is 21.7. The van der Waals surface area contributed by atoms with Crippen molar-refractivity contribution in [3.05, 3.63) is 87.5 Å². The van der Waals surface area contributed by atoms with Gasteiger partial charge < -0.3 is 24.1 Å². The second-order valence-electron chi connectivity index (χ2n) is 17.7. The summed E-state index contributed by atoms with van der Waals surface area (Å²) in [6.45, 7) is 6.86. The lowest BCUT2D eigenvalue weighted by Crippen LogP contribution is -2.56. The highest BCUT2D eigenvalue weighted by Crippen LogP contribution is 2.66. The van der Waals surface area contributed by atoms with Crippen LogP contribution in [0, 0.1) is 11.2 Å². The molecule has 5 heterocycles. The standard InChI is InChI=1S/C40H44BF8N7O5/c1-36(2,20-56-28(15-30(52-56)40(47,48)49)22-13-27(42)33(58)53(7)19-22)51-32(57)29(12-21-17-50-55(18-21)35(45)46)54-11-10-39(34(54)59)16-26(39)24-9-8-23(14-25(24)31(43)44)41-60-37(3,4)38(5,6)61-41/h8-9,13-15,17-19,26,29,31,35H,10-12,16,20H2,1-7H3,(H,51,57)/t26?,29-,39?/m1/s1. The number of halogens is 8. The van der Waals surface area contributed by atoms with Gasteiger partial charge in [0.2, 0.25) is 11.8 Å². The number of carbonyl (C=O) groups is 2. The van der Waals surface area contributed by atoms with Gasteiger partial charge in [0.05, 0.1) is 40.6 Å². The van der Waals surface area contributed by atoms with Gasteiger partial charge in [-0.2, -0.15) is 32.1 Å². The van der Waals surface area contributed by atoms with Crippen molar-refractivity contribution >= 4 is 24.4 Å². The number of nitrogens with zero attached hydrogens (tertiary/aromatic N) is 6. The fraction of sp³-hybridized carbons (Fsp3) is 0.525. The molecule has 2 unspecified atom stereocenters. The van der Waals surface area contributed by atoms with Crippen LogP contribution in [-0.4, -0.2) is 77.3 Å². The molecule has 12 nitrogen and oxygen atoms in total. The van der Waals surface area contributed by atoms with Crippen LogP contribution in [0.5, 0.6) is 0 Å². The van der Waals surface area contributed by atoms with Gasteiger partial charge in [0.15, 0.2) is 11.5 Å². The fourth-order valence-corrected chi connectivity index (χ4v) is 8.27. The third-order valence-electron chi connectivity index (χ3n) is 12.3. The molecule has 1 N–H and O–H groups in total. The number of rotatable bonds is 12. The van der Waals surface area contributed by atoms with Crippen molar-refractivity contribution in [2.24, 2.45) is 12.5 Å². The number of alkyl halides is 7. The smallest absolute Gasteiger partial charge is 0.399 e. The Balaban J connectivity index is 1.16. The van der Waals surface area contributed by atoms with Gasteiger partial charge >= 0.3 is 19.8 Å². The van der Waals surface area contributed by atoms with E-state index in [0.717, 1.165) is 33.9 Å². The molecule has 328 valence electrons. The van der Waals surface area contributed by atoms with Gasteiger partial charge in [0.1, 0.15) is 6.04 Å². The molecule has 61 heavy (non-hydrogen) atoms. The average Bonchev–Trinajstić information content (AvgIpc) is 3.45. The zero-order valence-corrected chi connectivity index (χ0v) is 34.3. The quantitative estimate of drug-likeness (QED) is 0.134. The Labute approximate surface area is 345 Å². The number of carbonyl (C=O) groups excluding carboxylic acids is 2. The monoisotopic (exact) mass is 865 g/mol. The van der Waals surface area contributed by atoms with E-state index in [1.54, 1.807) is 12.1 Å². The number of amides is 2. The van der Waals surface area contributed by atoms with Crippen LogP contribution in [-0.2, 0) is 45.1 Å². The van der Waals surface area contributed by atoms with Gasteiger partial charge in [-0.05, 0) is 89.0 Å². The molecule has 2 amide bonds. The first kappa shape index (κ1) is 44.0. The van der Waals surface area contributed by atoms with E-state index in [9.17, 15) is 49.5 Å². The molecule has 0 radical (unpaired) electrons. The maximum Gasteiger partial charge on any atom is 0.494 e. The SMILES string of the molecule is Cn1cc(-c2cc(C(F)(F)F)nn2CC(C)(C)NC(=O)[C@@H](Cc2cnn(C(F)F)c2)N2CCC3(CC3c3ccc(B4OC(C)(C)C(C)(C)O4)cc3C(F)F)C2=O)cc(F)c1=O. The third-order valence-corrected chi connectivity index (χ3v) is 12.3. The van der Waals surface area contributed by atoms with Gasteiger partial charge in [-0.15, -0.1) is 0 Å². The number of aryl methyl sites for hydroxylation is 1. The molecule has 3 aromatic heterocycles. The molecule has 21 heteroatoms. The van der Waals surface area contributed by atoms with Gasteiger partial charge in [0.25, 0.3) is 12.0 Å². The van der Waals surface area contributed by atoms with Crippen LogP contribution in [0.25, 0.3) is 11.3 Å². The number of likely N-dealkylation sites (tertiary alicyclic amines) is 1. The predicted octanol–water partition coefficient (Wildman–Crippen LogP) is 6.15. The van der Waals surface area contributed by atoms with Crippen molar-refractivity contribution in [2.45, 2.75) is 115 Å². The van der Waals surface area contributed by atoms with E-state index in [1.807, 2.05) is 27.7 Å². The molecule has 7 rings (SSSR count). The van der Waals surface area contributed by atoms with E-state index < -0.39 is 95.8 Å². The molecule has 1 aliphatic carbocycles. The first-order chi connectivity index (χ1) is 28.2. The number of pyridine rings is 1. The molecule has 2 aliphatic heterocycles. The van der Waals surface area contributed by atoms with E-state index in [0.29, 0.717) is 16.2 Å². The van der Waals surface area contributed by atoms with Crippen molar-refractivity contribution in [1.82, 2.24) is 34.3 Å². The predicted molar refractivity (Wildman–Crippen MR) is 204 cm³/mol. The van der Waals surface area contributed by atoms with Crippen LogP contribution in [0.1, 0.15) is 95.7 Å². The minimum absolute atomic E-state index is 0.00336. The highest BCUT2D eigenvalue weighted by molar-refractivity contribution is 6.62. The van der Waals surface area contributed by atoms with Crippen LogP contribution in [0.4, 0.5) is 35.1 Å². The van der Waals surface area contributed by atoms with Gasteiger partial charge in [-0.25, -0.2) is 17.9 Å². The van der Waals surface area contributed by atoms with E-state index in [1.165, 1.54) is 31.9 Å². The Morgan fingerprint density at radius 2 is 1.69 bits per heavy atom. The van der Waals surface area contributed by atoms with Crippen molar-refractivity contribution in [2.75, 3.05) is 6.54 Å². The second kappa shape index (κ2) is 15.1. The lowest BCUT2D eigenvalue weighted by molar-refractivity contribution is -0.141. The summed E-state index contributed by atoms with van der Waals surface area (Å²) in [4.78, 5) is 42.1. The number of hydrogen-bond acceptors (Lipinski definition) is 7. The maximum absolute atomic E-state index is 14.7. The van der Waals surface area contributed by atoms with Crippen LogP contribution in [0.2, 0.25) is 0 Å². The first-order valence-electron chi connectivity index (χ1n) is 19.5. The van der Waals surface area contributed by atoms with Crippen molar-refractivity contribution < 1.29 is 54.0 Å². The van der Waals surface area contributed by atoms with Gasteiger partial charge in [0, 0.05) is 43.5 Å². The van der Waals surface area contributed by atoms with Gasteiger partial charge in [-0.3, -0.25) is 19.1 Å². The Bertz CT molecular complexity index is 2390.